The molecule has 2 aliphatic rings. The maximum atomic E-state index is 13.2. The molecule has 0 saturated carbocycles. The summed E-state index contributed by atoms with van der Waals surface area (Å²) < 4.78 is 57.2. The Kier molecular flexibility index (Phi) is 22.9. The number of alkyl halides is 1. The number of halogens is 1. The van der Waals surface area contributed by atoms with Crippen molar-refractivity contribution >= 4 is 34.5 Å². The molecule has 24 heteroatoms. The zero-order valence-electron chi connectivity index (χ0n) is 44.4. The number of benzene rings is 4. The Bertz CT molecular complexity index is 3380. The average molecular weight is 1310 g/mol. The summed E-state index contributed by atoms with van der Waals surface area (Å²) in [5.74, 6) is 1.92. The van der Waals surface area contributed by atoms with E-state index in [0.29, 0.717) is 99.1 Å². The molecule has 8 rings (SSSR count). The molecule has 0 amide bonds. The fourth-order valence-corrected chi connectivity index (χ4v) is 9.67. The van der Waals surface area contributed by atoms with Crippen LogP contribution in [0.4, 0.5) is 0 Å². The molecule has 0 bridgehead atoms. The van der Waals surface area contributed by atoms with Crippen molar-refractivity contribution in [3.8, 4) is 68.2 Å². The maximum Gasteiger partial charge on any atom is 0.338 e. The number of nitrogens with zero attached hydrogens (tertiary/aromatic N) is 2. The number of hydrogen-bond acceptors (Lipinski definition) is 19. The predicted octanol–water partition coefficient (Wildman–Crippen LogP) is 9.48. The van der Waals surface area contributed by atoms with E-state index in [1.54, 1.807) is 63.8 Å². The van der Waals surface area contributed by atoms with Gasteiger partial charge in [0.2, 0.25) is 22.4 Å². The van der Waals surface area contributed by atoms with Gasteiger partial charge in [-0.15, -0.1) is 20.2 Å². The first-order chi connectivity index (χ1) is 38.0. The van der Waals surface area contributed by atoms with E-state index in [2.05, 4.69) is 27.4 Å². The number of carbonyl (C=O) groups excluding carboxylic acids is 2. The van der Waals surface area contributed by atoms with E-state index in [1.165, 1.54) is 59.8 Å². The molecule has 0 saturated heterocycles. The Balaban J connectivity index is 0.000000273. The Morgan fingerprint density at radius 2 is 0.938 bits per heavy atom. The summed E-state index contributed by atoms with van der Waals surface area (Å²) in [5, 5.41) is 23.3. The standard InChI is InChI=1S/C28H27IO7.C28H27NO10.Ag.HNO3/c1-32-23-11-9-19-20(14-21(23)30)22(36-28(31)18-7-5-6-16(12-18)15-29)10-8-17-13-24(33-2)26(34-3)27(35-4)25(17)19;1-34-23-11-9-19-20(14-21(23)30)22(39-28(31)18-7-5-6-16(12-18)15-38-29(32)33)10-8-17-13-24(35-2)26(36-3)27(37-4)25(17)19;;2-1(3)4/h5-7,9,11-14,22H,8,10,15H2,1-4H3;5-7,9,11-14,22H,8,10,15H2,1-4H3;;(H,2,3,4)/t2*22-;;/m11../s1. The van der Waals surface area contributed by atoms with Crippen molar-refractivity contribution in [2.45, 2.75) is 48.9 Å². The topological polar surface area (TPSA) is 276 Å². The van der Waals surface area contributed by atoms with Crippen LogP contribution in [0.25, 0.3) is 22.3 Å². The van der Waals surface area contributed by atoms with E-state index in [4.69, 9.17) is 62.7 Å². The van der Waals surface area contributed by atoms with Crippen molar-refractivity contribution in [1.29, 1.82) is 0 Å². The quantitative estimate of drug-likeness (QED) is 0.0236. The first kappa shape index (κ1) is 62.7. The van der Waals surface area contributed by atoms with Crippen molar-refractivity contribution in [2.24, 2.45) is 0 Å². The third kappa shape index (κ3) is 14.6. The number of hydrogen-bond donors (Lipinski definition) is 1. The van der Waals surface area contributed by atoms with E-state index in [0.717, 1.165) is 26.7 Å². The van der Waals surface area contributed by atoms with Crippen LogP contribution < -0.4 is 48.8 Å². The van der Waals surface area contributed by atoms with Gasteiger partial charge in [-0.2, -0.15) is 0 Å². The van der Waals surface area contributed by atoms with Gasteiger partial charge in [-0.3, -0.25) is 9.59 Å². The van der Waals surface area contributed by atoms with Crippen molar-refractivity contribution in [3.63, 3.8) is 0 Å². The van der Waals surface area contributed by atoms with Crippen LogP contribution in [0.2, 0.25) is 0 Å². The fourth-order valence-electron chi connectivity index (χ4n) is 9.20. The molecule has 1 N–H and O–H groups in total. The van der Waals surface area contributed by atoms with Gasteiger partial charge in [0, 0.05) is 49.1 Å². The molecule has 0 fully saturated rings. The largest absolute Gasteiger partial charge is 0.493 e. The van der Waals surface area contributed by atoms with Gasteiger partial charge >= 0.3 is 11.9 Å². The molecule has 80 heavy (non-hydrogen) atoms. The van der Waals surface area contributed by atoms with Crippen molar-refractivity contribution < 1.29 is 99.6 Å². The zero-order chi connectivity index (χ0) is 57.5. The van der Waals surface area contributed by atoms with E-state index in [9.17, 15) is 29.3 Å². The van der Waals surface area contributed by atoms with Gasteiger partial charge in [-0.25, -0.2) is 9.59 Å². The van der Waals surface area contributed by atoms with Gasteiger partial charge in [0.1, 0.15) is 18.8 Å². The summed E-state index contributed by atoms with van der Waals surface area (Å²) >= 11 is 2.25. The molecule has 0 unspecified atom stereocenters. The van der Waals surface area contributed by atoms with Crippen molar-refractivity contribution in [2.75, 3.05) is 56.9 Å². The Labute approximate surface area is 487 Å². The first-order valence-corrected chi connectivity index (χ1v) is 25.4. The minimum absolute atomic E-state index is 0. The molecular weight excluding hydrogens is 1260 g/mol. The van der Waals surface area contributed by atoms with Crippen LogP contribution in [0.3, 0.4) is 0 Å². The minimum Gasteiger partial charge on any atom is -0.493 e. The number of rotatable bonds is 16. The smallest absolute Gasteiger partial charge is 0.338 e. The Morgan fingerprint density at radius 1 is 0.550 bits per heavy atom. The Morgan fingerprint density at radius 3 is 1.30 bits per heavy atom. The molecule has 6 aromatic carbocycles. The second kappa shape index (κ2) is 29.2. The fraction of sp³-hybridized carbons (Fsp3) is 0.286. The van der Waals surface area contributed by atoms with Crippen LogP contribution in [0.1, 0.15) is 79.1 Å². The van der Waals surface area contributed by atoms with Crippen LogP contribution >= 0.6 is 22.6 Å². The molecule has 2 aliphatic carbocycles. The number of methoxy groups -OCH3 is 8. The zero-order valence-corrected chi connectivity index (χ0v) is 48.1. The van der Waals surface area contributed by atoms with E-state index in [1.807, 2.05) is 30.3 Å². The Hall–Kier alpha value is -8.13. The summed E-state index contributed by atoms with van der Waals surface area (Å²) in [6.07, 6.45) is 0.341. The SMILES string of the molecule is COc1cc2c(c(OC)c1OC)-c1ccc(OC)c(=O)cc1[C@H](OC(=O)c1cccc(CI)c1)CC2.COc1cc2c(c(OC)c1OC)-c1ccc(OC)c(=O)cc1[C@H](OC(=O)c1cccc(CO[N+](=O)[O-])c1)CC2.O=[N+]([O-])O.[Ag]. The molecule has 6 aromatic rings. The molecule has 0 heterocycles. The molecular formula is C56H55AgIN2O20. The molecule has 2 atom stereocenters. The van der Waals surface area contributed by atoms with E-state index < -0.39 is 34.3 Å². The minimum atomic E-state index is -1.50. The number of carbonyl (C=O) groups is 2. The predicted molar refractivity (Wildman–Crippen MR) is 293 cm³/mol. The molecule has 0 aromatic heterocycles. The van der Waals surface area contributed by atoms with Gasteiger partial charge in [0.15, 0.2) is 34.5 Å². The summed E-state index contributed by atoms with van der Waals surface area (Å²) in [5.41, 5.74) is 6.96. The second-order valence-corrected chi connectivity index (χ2v) is 17.8. The van der Waals surface area contributed by atoms with Crippen LogP contribution in [0.5, 0.6) is 46.0 Å². The molecule has 427 valence electrons. The van der Waals surface area contributed by atoms with Crippen LogP contribution in [-0.2, 0) is 60.6 Å². The monoisotopic (exact) mass is 1310 g/mol. The van der Waals surface area contributed by atoms with Gasteiger partial charge < -0.3 is 57.4 Å². The summed E-state index contributed by atoms with van der Waals surface area (Å²) in [4.78, 5) is 75.7. The number of aryl methyl sites for hydroxylation is 2. The summed E-state index contributed by atoms with van der Waals surface area (Å²) in [6.45, 7) is -0.311. The second-order valence-electron chi connectivity index (χ2n) is 17.1. The average Bonchev–Trinajstić information content (AvgIpc) is 3.86. The molecule has 0 spiro atoms. The number of ether oxygens (including phenoxy) is 10. The van der Waals surface area contributed by atoms with Crippen molar-refractivity contribution in [1.82, 2.24) is 0 Å². The normalized spacial score (nSPS) is 13.3. The van der Waals surface area contributed by atoms with E-state index >= 15 is 0 Å². The third-order valence-electron chi connectivity index (χ3n) is 12.6. The summed E-state index contributed by atoms with van der Waals surface area (Å²) in [6, 6.07) is 26.9. The maximum absolute atomic E-state index is 13.2. The van der Waals surface area contributed by atoms with Gasteiger partial charge in [0.25, 0.3) is 10.2 Å². The van der Waals surface area contributed by atoms with Gasteiger partial charge in [-0.05, 0) is 132 Å². The molecule has 22 nitrogen and oxygen atoms in total. The number of esters is 2. The summed E-state index contributed by atoms with van der Waals surface area (Å²) in [7, 11) is 12.1. The van der Waals surface area contributed by atoms with Crippen LogP contribution in [-0.4, -0.2) is 84.2 Å². The van der Waals surface area contributed by atoms with Crippen LogP contribution in [0.15, 0.2) is 107 Å². The van der Waals surface area contributed by atoms with Crippen LogP contribution in [0, 0.1) is 20.2 Å². The molecule has 0 aliphatic heterocycles. The third-order valence-corrected chi connectivity index (χ3v) is 13.5. The first-order valence-electron chi connectivity index (χ1n) is 23.8. The van der Waals surface area contributed by atoms with E-state index in [-0.39, 0.29) is 56.9 Å². The van der Waals surface area contributed by atoms with Gasteiger partial charge in [-0.1, -0.05) is 46.9 Å². The number of fused-ring (bicyclic) bond motifs is 6. The molecule has 1 radical (unpaired) electrons. The van der Waals surface area contributed by atoms with Crippen molar-refractivity contribution in [3.05, 3.63) is 182 Å². The van der Waals surface area contributed by atoms with Gasteiger partial charge in [0.05, 0.1) is 68.0 Å².